The predicted molar refractivity (Wildman–Crippen MR) is 54.1 cm³/mol. The summed E-state index contributed by atoms with van der Waals surface area (Å²) in [6.45, 7) is 0.186. The van der Waals surface area contributed by atoms with E-state index in [0.717, 1.165) is 0 Å². The average molecular weight is 219 g/mol. The van der Waals surface area contributed by atoms with Gasteiger partial charge >= 0.3 is 0 Å². The molecule has 0 aliphatic heterocycles. The number of carbonyl (C=O) groups is 1. The van der Waals surface area contributed by atoms with Gasteiger partial charge in [0, 0.05) is 0 Å². The molecule has 82 valence electrons. The van der Waals surface area contributed by atoms with E-state index in [0.29, 0.717) is 11.6 Å². The van der Waals surface area contributed by atoms with Gasteiger partial charge in [0.05, 0.1) is 6.54 Å². The van der Waals surface area contributed by atoms with Crippen LogP contribution >= 0.6 is 0 Å². The van der Waals surface area contributed by atoms with E-state index in [-0.39, 0.29) is 18.1 Å². The van der Waals surface area contributed by atoms with E-state index in [4.69, 9.17) is 5.73 Å². The Labute approximate surface area is 90.7 Å². The van der Waals surface area contributed by atoms with Crippen LogP contribution in [0.25, 0.3) is 0 Å². The molecule has 7 heteroatoms. The number of aromatic nitrogens is 3. The first kappa shape index (κ1) is 10.1. The van der Waals surface area contributed by atoms with Crippen molar-refractivity contribution in [3.8, 4) is 0 Å². The topological polar surface area (TPSA) is 107 Å². The Morgan fingerprint density at radius 3 is 3.06 bits per heavy atom. The fourth-order valence-electron chi connectivity index (χ4n) is 1.10. The van der Waals surface area contributed by atoms with Gasteiger partial charge < -0.3 is 15.6 Å². The third-order valence-electron chi connectivity index (χ3n) is 1.82. The smallest absolute Gasteiger partial charge is 0.270 e. The number of carbonyl (C=O) groups excluding carboxylic acids is 1. The molecule has 0 spiro atoms. The van der Waals surface area contributed by atoms with E-state index in [2.05, 4.69) is 25.0 Å². The SMILES string of the molecule is Nc1cccc(C(=O)NCc2ncon2)n1. The van der Waals surface area contributed by atoms with Crippen LogP contribution in [0, 0.1) is 0 Å². The van der Waals surface area contributed by atoms with E-state index in [1.165, 1.54) is 6.39 Å². The molecule has 2 aromatic rings. The average Bonchev–Trinajstić information content (AvgIpc) is 2.78. The first-order valence-electron chi connectivity index (χ1n) is 4.51. The molecule has 0 unspecified atom stereocenters. The van der Waals surface area contributed by atoms with Crippen molar-refractivity contribution in [1.29, 1.82) is 0 Å². The number of nitrogens with zero attached hydrogens (tertiary/aromatic N) is 3. The molecule has 2 rings (SSSR count). The number of hydrogen-bond donors (Lipinski definition) is 2. The lowest BCUT2D eigenvalue weighted by Crippen LogP contribution is -2.24. The molecule has 7 nitrogen and oxygen atoms in total. The Morgan fingerprint density at radius 1 is 1.50 bits per heavy atom. The van der Waals surface area contributed by atoms with E-state index >= 15 is 0 Å². The van der Waals surface area contributed by atoms with Gasteiger partial charge in [0.15, 0.2) is 5.82 Å². The van der Waals surface area contributed by atoms with Gasteiger partial charge in [-0.25, -0.2) is 4.98 Å². The van der Waals surface area contributed by atoms with Crippen LogP contribution in [-0.2, 0) is 6.54 Å². The van der Waals surface area contributed by atoms with Crippen molar-refractivity contribution < 1.29 is 9.32 Å². The molecule has 0 bridgehead atoms. The van der Waals surface area contributed by atoms with Crippen molar-refractivity contribution in [3.63, 3.8) is 0 Å². The van der Waals surface area contributed by atoms with Gasteiger partial charge in [0.2, 0.25) is 6.39 Å². The standard InChI is InChI=1S/C9H9N5O2/c10-7-3-1-2-6(13-7)9(15)11-4-8-12-5-16-14-8/h1-3,5H,4H2,(H2,10,13)(H,11,15). The summed E-state index contributed by atoms with van der Waals surface area (Å²) in [5.41, 5.74) is 5.71. The molecule has 0 atom stereocenters. The van der Waals surface area contributed by atoms with Crippen LogP contribution in [0.15, 0.2) is 29.1 Å². The maximum atomic E-state index is 11.6. The molecule has 0 aromatic carbocycles. The third kappa shape index (κ3) is 2.32. The monoisotopic (exact) mass is 219 g/mol. The zero-order chi connectivity index (χ0) is 11.4. The van der Waals surface area contributed by atoms with Crippen LogP contribution in [0.4, 0.5) is 5.82 Å². The van der Waals surface area contributed by atoms with E-state index < -0.39 is 0 Å². The van der Waals surface area contributed by atoms with Gasteiger partial charge in [-0.2, -0.15) is 4.98 Å². The Hall–Kier alpha value is -2.44. The number of nitrogen functional groups attached to an aromatic ring is 1. The van der Waals surface area contributed by atoms with Crippen LogP contribution < -0.4 is 11.1 Å². The molecule has 0 saturated carbocycles. The van der Waals surface area contributed by atoms with Crippen molar-refractivity contribution in [2.45, 2.75) is 6.54 Å². The molecular weight excluding hydrogens is 210 g/mol. The van der Waals surface area contributed by atoms with E-state index in [1.54, 1.807) is 18.2 Å². The fourth-order valence-corrected chi connectivity index (χ4v) is 1.10. The van der Waals surface area contributed by atoms with Crippen LogP contribution in [0.1, 0.15) is 16.3 Å². The summed E-state index contributed by atoms with van der Waals surface area (Å²) in [6.07, 6.45) is 1.19. The summed E-state index contributed by atoms with van der Waals surface area (Å²) in [7, 11) is 0. The van der Waals surface area contributed by atoms with Gasteiger partial charge in [-0.1, -0.05) is 11.2 Å². The molecule has 0 aliphatic carbocycles. The molecular formula is C9H9N5O2. The highest BCUT2D eigenvalue weighted by atomic mass is 16.5. The second kappa shape index (κ2) is 4.39. The number of anilines is 1. The van der Waals surface area contributed by atoms with Crippen molar-refractivity contribution in [2.24, 2.45) is 0 Å². The van der Waals surface area contributed by atoms with Crippen LogP contribution in [0.3, 0.4) is 0 Å². The molecule has 0 aliphatic rings. The van der Waals surface area contributed by atoms with Crippen LogP contribution in [0.5, 0.6) is 0 Å². The Morgan fingerprint density at radius 2 is 2.38 bits per heavy atom. The molecule has 1 amide bonds. The van der Waals surface area contributed by atoms with Crippen molar-refractivity contribution in [3.05, 3.63) is 36.1 Å². The Kier molecular flexibility index (Phi) is 2.77. The third-order valence-corrected chi connectivity index (χ3v) is 1.82. The zero-order valence-corrected chi connectivity index (χ0v) is 8.25. The minimum Gasteiger partial charge on any atom is -0.384 e. The lowest BCUT2D eigenvalue weighted by molar-refractivity contribution is 0.0945. The molecule has 2 aromatic heterocycles. The number of amides is 1. The van der Waals surface area contributed by atoms with E-state index in [9.17, 15) is 4.79 Å². The zero-order valence-electron chi connectivity index (χ0n) is 8.25. The van der Waals surface area contributed by atoms with Crippen LogP contribution in [0.2, 0.25) is 0 Å². The highest BCUT2D eigenvalue weighted by Gasteiger charge is 2.08. The number of nitrogens with one attached hydrogen (secondary N) is 1. The van der Waals surface area contributed by atoms with E-state index in [1.807, 2.05) is 0 Å². The minimum atomic E-state index is -0.336. The first-order chi connectivity index (χ1) is 7.75. The normalized spacial score (nSPS) is 10.0. The summed E-state index contributed by atoms with van der Waals surface area (Å²) < 4.78 is 4.52. The molecule has 16 heavy (non-hydrogen) atoms. The van der Waals surface area contributed by atoms with Gasteiger partial charge in [-0.15, -0.1) is 0 Å². The molecule has 3 N–H and O–H groups in total. The quantitative estimate of drug-likeness (QED) is 0.751. The predicted octanol–water partition coefficient (Wildman–Crippen LogP) is -0.0232. The lowest BCUT2D eigenvalue weighted by atomic mass is 10.3. The molecule has 0 fully saturated rings. The summed E-state index contributed by atoms with van der Waals surface area (Å²) in [4.78, 5) is 19.2. The maximum absolute atomic E-state index is 11.6. The summed E-state index contributed by atoms with van der Waals surface area (Å²) in [6, 6.07) is 4.84. The van der Waals surface area contributed by atoms with Crippen molar-refractivity contribution >= 4 is 11.7 Å². The Balaban J connectivity index is 1.98. The van der Waals surface area contributed by atoms with Gasteiger partial charge in [-0.3, -0.25) is 4.79 Å². The molecule has 0 radical (unpaired) electrons. The minimum absolute atomic E-state index is 0.186. The number of pyridine rings is 1. The second-order valence-corrected chi connectivity index (χ2v) is 2.98. The summed E-state index contributed by atoms with van der Waals surface area (Å²) in [5.74, 6) is 0.363. The second-order valence-electron chi connectivity index (χ2n) is 2.98. The van der Waals surface area contributed by atoms with Crippen molar-refractivity contribution in [1.82, 2.24) is 20.4 Å². The van der Waals surface area contributed by atoms with Gasteiger partial charge in [0.25, 0.3) is 5.91 Å². The number of hydrogen-bond acceptors (Lipinski definition) is 6. The van der Waals surface area contributed by atoms with Crippen molar-refractivity contribution in [2.75, 3.05) is 5.73 Å². The number of rotatable bonds is 3. The fraction of sp³-hybridized carbons (Fsp3) is 0.111. The Bertz CT molecular complexity index is 482. The lowest BCUT2D eigenvalue weighted by Gasteiger charge is -2.01. The highest BCUT2D eigenvalue weighted by Crippen LogP contribution is 2.00. The summed E-state index contributed by atoms with van der Waals surface area (Å²) >= 11 is 0. The van der Waals surface area contributed by atoms with Gasteiger partial charge in [0.1, 0.15) is 11.5 Å². The first-order valence-corrected chi connectivity index (χ1v) is 4.51. The van der Waals surface area contributed by atoms with Gasteiger partial charge in [-0.05, 0) is 12.1 Å². The number of nitrogens with two attached hydrogens (primary N) is 1. The largest absolute Gasteiger partial charge is 0.384 e. The molecule has 0 saturated heterocycles. The highest BCUT2D eigenvalue weighted by molar-refractivity contribution is 5.92. The summed E-state index contributed by atoms with van der Waals surface area (Å²) in [5, 5.41) is 6.14. The molecule has 2 heterocycles. The van der Waals surface area contributed by atoms with Crippen LogP contribution in [-0.4, -0.2) is 21.0 Å². The maximum Gasteiger partial charge on any atom is 0.270 e.